The molecule has 0 saturated carbocycles. The molecule has 0 aliphatic rings. The summed E-state index contributed by atoms with van der Waals surface area (Å²) in [4.78, 5) is 2.91. The van der Waals surface area contributed by atoms with E-state index in [1.54, 1.807) is 4.88 Å². The van der Waals surface area contributed by atoms with E-state index in [0.29, 0.717) is 0 Å². The van der Waals surface area contributed by atoms with E-state index in [-0.39, 0.29) is 0 Å². The zero-order valence-corrected chi connectivity index (χ0v) is 23.7. The first-order chi connectivity index (χ1) is 17.8. The summed E-state index contributed by atoms with van der Waals surface area (Å²) in [5.41, 5.74) is 1.31. The molecule has 0 N–H and O–H groups in total. The van der Waals surface area contributed by atoms with Gasteiger partial charge in [0.25, 0.3) is 0 Å². The van der Waals surface area contributed by atoms with Crippen LogP contribution in [-0.2, 0) is 6.42 Å². The second-order valence-electron chi connectivity index (χ2n) is 9.84. The minimum atomic E-state index is 1.24. The van der Waals surface area contributed by atoms with E-state index < -0.39 is 0 Å². The van der Waals surface area contributed by atoms with Gasteiger partial charge in [0.05, 0.1) is 9.40 Å². The van der Waals surface area contributed by atoms with Crippen LogP contribution < -0.4 is 0 Å². The van der Waals surface area contributed by atoms with Crippen LogP contribution in [0.25, 0.3) is 60.2 Å². The predicted molar refractivity (Wildman–Crippen MR) is 168 cm³/mol. The zero-order chi connectivity index (χ0) is 24.1. The molecule has 0 fully saturated rings. The summed E-state index contributed by atoms with van der Waals surface area (Å²) in [6.07, 6.45) is 9.44. The largest absolute Gasteiger partial charge is 0.140 e. The molecule has 7 rings (SSSR count). The van der Waals surface area contributed by atoms with E-state index in [1.165, 1.54) is 105 Å². The van der Waals surface area contributed by atoms with Gasteiger partial charge in [0, 0.05) is 39.3 Å². The Kier molecular flexibility index (Phi) is 6.09. The molecular weight excluding hydrogens is 513 g/mol. The van der Waals surface area contributed by atoms with Gasteiger partial charge in [-0.2, -0.15) is 0 Å². The smallest absolute Gasteiger partial charge is 0.0542 e. The van der Waals surface area contributed by atoms with Crippen LogP contribution in [0, 0.1) is 0 Å². The van der Waals surface area contributed by atoms with Gasteiger partial charge >= 0.3 is 0 Å². The number of hydrogen-bond acceptors (Lipinski definition) is 4. The highest BCUT2D eigenvalue weighted by Crippen LogP contribution is 2.48. The van der Waals surface area contributed by atoms with Gasteiger partial charge in [-0.15, -0.1) is 45.3 Å². The predicted octanol–water partition coefficient (Wildman–Crippen LogP) is 12.3. The fourth-order valence-electron chi connectivity index (χ4n) is 5.33. The minimum absolute atomic E-state index is 1.24. The summed E-state index contributed by atoms with van der Waals surface area (Å²) in [7, 11) is 0. The number of rotatable bonds is 8. The van der Waals surface area contributed by atoms with Crippen molar-refractivity contribution in [1.82, 2.24) is 0 Å². The maximum absolute atomic E-state index is 2.47. The molecule has 0 radical (unpaired) electrons. The summed E-state index contributed by atoms with van der Waals surface area (Å²) in [6, 6.07) is 25.4. The van der Waals surface area contributed by atoms with Gasteiger partial charge in [0.15, 0.2) is 0 Å². The molecule has 0 nitrogen and oxygen atoms in total. The van der Waals surface area contributed by atoms with E-state index >= 15 is 0 Å². The minimum Gasteiger partial charge on any atom is -0.140 e. The van der Waals surface area contributed by atoms with Crippen molar-refractivity contribution in [2.45, 2.75) is 51.9 Å². The number of hydrogen-bond donors (Lipinski definition) is 0. The van der Waals surface area contributed by atoms with Gasteiger partial charge < -0.3 is 0 Å². The van der Waals surface area contributed by atoms with E-state index in [1.807, 2.05) is 45.3 Å². The molecule has 36 heavy (non-hydrogen) atoms. The van der Waals surface area contributed by atoms with E-state index in [2.05, 4.69) is 73.7 Å². The fourth-order valence-corrected chi connectivity index (χ4v) is 10.4. The van der Waals surface area contributed by atoms with Crippen molar-refractivity contribution < 1.29 is 0 Å². The number of aryl methyl sites for hydroxylation is 1. The Hall–Kier alpha value is -2.24. The topological polar surface area (TPSA) is 0 Å². The molecule has 0 bridgehead atoms. The van der Waals surface area contributed by atoms with Gasteiger partial charge in [-0.1, -0.05) is 69.4 Å². The first kappa shape index (κ1) is 22.9. The average Bonchev–Trinajstić information content (AvgIpc) is 3.65. The molecule has 0 spiro atoms. The Morgan fingerprint density at radius 1 is 0.556 bits per heavy atom. The lowest BCUT2D eigenvalue weighted by atomic mass is 10.1. The molecule has 0 unspecified atom stereocenters. The van der Waals surface area contributed by atoms with Gasteiger partial charge in [0.1, 0.15) is 0 Å². The monoisotopic (exact) mass is 540 g/mol. The molecule has 0 atom stereocenters. The Balaban J connectivity index is 1.23. The van der Waals surface area contributed by atoms with Crippen LogP contribution >= 0.6 is 45.3 Å². The summed E-state index contributed by atoms with van der Waals surface area (Å²) in [6.45, 7) is 2.29. The van der Waals surface area contributed by atoms with Gasteiger partial charge in [-0.25, -0.2) is 0 Å². The third kappa shape index (κ3) is 4.09. The second-order valence-corrected chi connectivity index (χ2v) is 14.2. The summed E-state index contributed by atoms with van der Waals surface area (Å²) in [5, 5.41) is 5.66. The molecule has 0 amide bonds. The molecule has 0 aliphatic heterocycles. The molecule has 7 aromatic rings. The lowest BCUT2D eigenvalue weighted by Gasteiger charge is -1.98. The van der Waals surface area contributed by atoms with E-state index in [4.69, 9.17) is 0 Å². The van der Waals surface area contributed by atoms with Crippen molar-refractivity contribution in [2.24, 2.45) is 0 Å². The van der Waals surface area contributed by atoms with Crippen LogP contribution in [0.5, 0.6) is 0 Å². The van der Waals surface area contributed by atoms with Crippen LogP contribution in [0.15, 0.2) is 66.7 Å². The second kappa shape index (κ2) is 9.57. The van der Waals surface area contributed by atoms with Gasteiger partial charge in [0.2, 0.25) is 0 Å². The summed E-state index contributed by atoms with van der Waals surface area (Å²) >= 11 is 7.88. The SMILES string of the molecule is CCCCCCCCc1cc2cc3c(cc2s1)sc1c2cc4cc(-c5ccccc5)sc4cc2sc31. The maximum Gasteiger partial charge on any atom is 0.0542 e. The number of benzene rings is 3. The average molecular weight is 541 g/mol. The summed E-state index contributed by atoms with van der Waals surface area (Å²) in [5.74, 6) is 0. The van der Waals surface area contributed by atoms with E-state index in [9.17, 15) is 0 Å². The maximum atomic E-state index is 2.47. The third-order valence-corrected chi connectivity index (χ3v) is 12.0. The lowest BCUT2D eigenvalue weighted by molar-refractivity contribution is 0.609. The van der Waals surface area contributed by atoms with Crippen LogP contribution in [0.1, 0.15) is 50.3 Å². The Morgan fingerprint density at radius 3 is 1.92 bits per heavy atom. The van der Waals surface area contributed by atoms with Crippen LogP contribution in [0.4, 0.5) is 0 Å². The Bertz CT molecular complexity index is 1820. The van der Waals surface area contributed by atoms with Crippen molar-refractivity contribution >= 4 is 95.1 Å². The molecule has 3 aromatic carbocycles. The highest BCUT2D eigenvalue weighted by molar-refractivity contribution is 7.37. The van der Waals surface area contributed by atoms with Crippen molar-refractivity contribution in [3.63, 3.8) is 0 Å². The molecule has 0 saturated heterocycles. The first-order valence-corrected chi connectivity index (χ1v) is 16.3. The van der Waals surface area contributed by atoms with E-state index in [0.717, 1.165) is 0 Å². The van der Waals surface area contributed by atoms with Crippen LogP contribution in [0.2, 0.25) is 0 Å². The molecule has 180 valence electrons. The lowest BCUT2D eigenvalue weighted by Crippen LogP contribution is -1.82. The number of thiophene rings is 4. The normalized spacial score (nSPS) is 12.2. The Labute approximate surface area is 227 Å². The first-order valence-electron chi connectivity index (χ1n) is 13.1. The molecule has 4 heterocycles. The molecular formula is C32H28S4. The molecule has 0 aliphatic carbocycles. The van der Waals surface area contributed by atoms with Crippen LogP contribution in [0.3, 0.4) is 0 Å². The molecule has 4 heteroatoms. The highest BCUT2D eigenvalue weighted by Gasteiger charge is 2.16. The van der Waals surface area contributed by atoms with Crippen molar-refractivity contribution in [2.75, 3.05) is 0 Å². The number of fused-ring (bicyclic) bond motifs is 7. The molecule has 4 aromatic heterocycles. The van der Waals surface area contributed by atoms with Crippen LogP contribution in [-0.4, -0.2) is 0 Å². The van der Waals surface area contributed by atoms with Gasteiger partial charge in [-0.05, 0) is 65.6 Å². The highest BCUT2D eigenvalue weighted by atomic mass is 32.1. The zero-order valence-electron chi connectivity index (χ0n) is 20.4. The standard InChI is InChI=1S/C32H28S4/c1-2-3-4-5-6-10-13-23-14-21-15-24-29(18-27(21)33-23)35-32-25-16-22-17-26(20-11-8-7-9-12-20)34-28(22)19-30(25)36-31(24)32/h7-9,11-12,14-19H,2-6,10,13H2,1H3. The fraction of sp³-hybridized carbons (Fsp3) is 0.250. The summed E-state index contributed by atoms with van der Waals surface area (Å²) < 4.78 is 8.63. The van der Waals surface area contributed by atoms with Crippen molar-refractivity contribution in [1.29, 1.82) is 0 Å². The quantitative estimate of drug-likeness (QED) is 0.168. The van der Waals surface area contributed by atoms with Crippen molar-refractivity contribution in [3.05, 3.63) is 71.6 Å². The third-order valence-electron chi connectivity index (χ3n) is 7.24. The van der Waals surface area contributed by atoms with Gasteiger partial charge in [-0.3, -0.25) is 0 Å². The van der Waals surface area contributed by atoms with Crippen molar-refractivity contribution in [3.8, 4) is 10.4 Å². The number of unbranched alkanes of at least 4 members (excludes halogenated alkanes) is 5. The Morgan fingerprint density at radius 2 is 1.19 bits per heavy atom.